The van der Waals surface area contributed by atoms with Crippen molar-refractivity contribution in [3.05, 3.63) is 65.9 Å². The van der Waals surface area contributed by atoms with Crippen molar-refractivity contribution in [2.45, 2.75) is 18.9 Å². The van der Waals surface area contributed by atoms with Gasteiger partial charge in [0.2, 0.25) is 0 Å². The highest BCUT2D eigenvalue weighted by Crippen LogP contribution is 2.38. The molecule has 1 heterocycles. The van der Waals surface area contributed by atoms with Gasteiger partial charge >= 0.3 is 0 Å². The van der Waals surface area contributed by atoms with Crippen LogP contribution in [0.3, 0.4) is 0 Å². The van der Waals surface area contributed by atoms with Gasteiger partial charge < -0.3 is 5.73 Å². The van der Waals surface area contributed by atoms with Gasteiger partial charge in [0.25, 0.3) is 0 Å². The highest BCUT2D eigenvalue weighted by atomic mass is 14.7. The van der Waals surface area contributed by atoms with Gasteiger partial charge in [-0.15, -0.1) is 0 Å². The molecule has 0 fully saturated rings. The molecule has 3 aromatic rings. The number of pyridine rings is 1. The minimum atomic E-state index is 0.188. The molecule has 0 saturated carbocycles. The molecule has 1 unspecified atom stereocenters. The van der Waals surface area contributed by atoms with Crippen molar-refractivity contribution >= 4 is 10.9 Å². The lowest BCUT2D eigenvalue weighted by Crippen LogP contribution is -2.04. The van der Waals surface area contributed by atoms with Crippen molar-refractivity contribution < 1.29 is 0 Å². The third-order valence-electron chi connectivity index (χ3n) is 4.24. The Labute approximate surface area is 118 Å². The Morgan fingerprint density at radius 3 is 2.70 bits per heavy atom. The van der Waals surface area contributed by atoms with Crippen LogP contribution in [0.25, 0.3) is 22.0 Å². The standard InChI is InChI=1S/C18H16N2/c19-17-10-9-14-13(6-2-7-15(14)17)16-8-1-4-12-5-3-11-20-18(12)16/h1-8,11,17H,9-10,19H2. The lowest BCUT2D eigenvalue weighted by Gasteiger charge is -2.11. The number of hydrogen-bond donors (Lipinski definition) is 1. The van der Waals surface area contributed by atoms with Crippen LogP contribution < -0.4 is 5.73 Å². The van der Waals surface area contributed by atoms with Crippen LogP contribution in [0.5, 0.6) is 0 Å². The Bertz CT molecular complexity index is 787. The second kappa shape index (κ2) is 4.43. The maximum Gasteiger partial charge on any atom is 0.0780 e. The first-order valence-electron chi connectivity index (χ1n) is 7.06. The average molecular weight is 260 g/mol. The number of nitrogens with two attached hydrogens (primary N) is 1. The van der Waals surface area contributed by atoms with Gasteiger partial charge in [0, 0.05) is 23.2 Å². The molecule has 0 radical (unpaired) electrons. The molecule has 0 bridgehead atoms. The summed E-state index contributed by atoms with van der Waals surface area (Å²) in [7, 11) is 0. The SMILES string of the molecule is NC1CCc2c(-c3cccc4cccnc34)cccc21. The lowest BCUT2D eigenvalue weighted by atomic mass is 9.95. The largest absolute Gasteiger partial charge is 0.324 e. The van der Waals surface area contributed by atoms with Crippen LogP contribution >= 0.6 is 0 Å². The van der Waals surface area contributed by atoms with Gasteiger partial charge in [-0.2, -0.15) is 0 Å². The summed E-state index contributed by atoms with van der Waals surface area (Å²) in [5, 5.41) is 1.19. The summed E-state index contributed by atoms with van der Waals surface area (Å²) in [5.41, 5.74) is 12.5. The fourth-order valence-electron chi connectivity index (χ4n) is 3.26. The first kappa shape index (κ1) is 11.6. The number of hydrogen-bond acceptors (Lipinski definition) is 2. The van der Waals surface area contributed by atoms with E-state index in [0.717, 1.165) is 18.4 Å². The van der Waals surface area contributed by atoms with Gasteiger partial charge in [-0.25, -0.2) is 0 Å². The summed E-state index contributed by atoms with van der Waals surface area (Å²) in [4.78, 5) is 4.57. The number of para-hydroxylation sites is 1. The topological polar surface area (TPSA) is 38.9 Å². The van der Waals surface area contributed by atoms with E-state index in [-0.39, 0.29) is 6.04 Å². The van der Waals surface area contributed by atoms with Crippen LogP contribution in [0.1, 0.15) is 23.6 Å². The highest BCUT2D eigenvalue weighted by molar-refractivity contribution is 5.94. The van der Waals surface area contributed by atoms with E-state index in [1.54, 1.807) is 0 Å². The number of rotatable bonds is 1. The Morgan fingerprint density at radius 1 is 0.950 bits per heavy atom. The minimum Gasteiger partial charge on any atom is -0.324 e. The Morgan fingerprint density at radius 2 is 1.75 bits per heavy atom. The van der Waals surface area contributed by atoms with Gasteiger partial charge in [-0.3, -0.25) is 4.98 Å². The molecular weight excluding hydrogens is 244 g/mol. The van der Waals surface area contributed by atoms with Crippen molar-refractivity contribution in [2.75, 3.05) is 0 Å². The van der Waals surface area contributed by atoms with E-state index in [1.807, 2.05) is 12.3 Å². The fraction of sp³-hybridized carbons (Fsp3) is 0.167. The molecule has 2 nitrogen and oxygen atoms in total. The van der Waals surface area contributed by atoms with E-state index in [9.17, 15) is 0 Å². The molecule has 4 rings (SSSR count). The molecule has 2 aromatic carbocycles. The Hall–Kier alpha value is -2.19. The van der Waals surface area contributed by atoms with E-state index in [4.69, 9.17) is 5.73 Å². The lowest BCUT2D eigenvalue weighted by molar-refractivity contribution is 0.713. The van der Waals surface area contributed by atoms with Crippen LogP contribution in [-0.2, 0) is 6.42 Å². The van der Waals surface area contributed by atoms with Crippen LogP contribution in [0.4, 0.5) is 0 Å². The number of fused-ring (bicyclic) bond motifs is 2. The molecule has 2 N–H and O–H groups in total. The van der Waals surface area contributed by atoms with Gasteiger partial charge in [-0.1, -0.05) is 42.5 Å². The molecule has 1 atom stereocenters. The minimum absolute atomic E-state index is 0.188. The first-order valence-corrected chi connectivity index (χ1v) is 7.06. The van der Waals surface area contributed by atoms with Crippen LogP contribution in [-0.4, -0.2) is 4.98 Å². The maximum atomic E-state index is 6.19. The normalized spacial score (nSPS) is 17.4. The van der Waals surface area contributed by atoms with Crippen molar-refractivity contribution in [1.82, 2.24) is 4.98 Å². The van der Waals surface area contributed by atoms with E-state index >= 15 is 0 Å². The van der Waals surface area contributed by atoms with Crippen molar-refractivity contribution in [3.63, 3.8) is 0 Å². The van der Waals surface area contributed by atoms with Crippen LogP contribution in [0, 0.1) is 0 Å². The predicted molar refractivity (Wildman–Crippen MR) is 82.4 cm³/mol. The zero-order valence-electron chi connectivity index (χ0n) is 11.2. The maximum absolute atomic E-state index is 6.19. The van der Waals surface area contributed by atoms with E-state index in [0.29, 0.717) is 0 Å². The summed E-state index contributed by atoms with van der Waals surface area (Å²) < 4.78 is 0. The number of benzene rings is 2. The van der Waals surface area contributed by atoms with E-state index in [2.05, 4.69) is 47.4 Å². The molecule has 1 aliphatic rings. The third-order valence-corrected chi connectivity index (χ3v) is 4.24. The molecule has 2 heteroatoms. The molecule has 98 valence electrons. The van der Waals surface area contributed by atoms with Crippen molar-refractivity contribution in [2.24, 2.45) is 5.73 Å². The van der Waals surface area contributed by atoms with Crippen molar-refractivity contribution in [3.8, 4) is 11.1 Å². The van der Waals surface area contributed by atoms with E-state index < -0.39 is 0 Å². The van der Waals surface area contributed by atoms with Crippen LogP contribution in [0.2, 0.25) is 0 Å². The summed E-state index contributed by atoms with van der Waals surface area (Å²) >= 11 is 0. The molecule has 0 saturated heterocycles. The smallest absolute Gasteiger partial charge is 0.0780 e. The summed E-state index contributed by atoms with van der Waals surface area (Å²) in [6.07, 6.45) is 3.97. The molecule has 20 heavy (non-hydrogen) atoms. The second-order valence-corrected chi connectivity index (χ2v) is 5.40. The van der Waals surface area contributed by atoms with E-state index in [1.165, 1.54) is 27.6 Å². The van der Waals surface area contributed by atoms with Gasteiger partial charge in [0.05, 0.1) is 5.52 Å². The zero-order chi connectivity index (χ0) is 13.5. The van der Waals surface area contributed by atoms with Gasteiger partial charge in [0.1, 0.15) is 0 Å². The Balaban J connectivity index is 2.02. The highest BCUT2D eigenvalue weighted by Gasteiger charge is 2.22. The summed E-state index contributed by atoms with van der Waals surface area (Å²) in [5.74, 6) is 0. The van der Waals surface area contributed by atoms with Gasteiger partial charge in [0.15, 0.2) is 0 Å². The summed E-state index contributed by atoms with van der Waals surface area (Å²) in [6, 6.07) is 17.1. The molecule has 0 amide bonds. The first-order chi connectivity index (χ1) is 9.84. The molecule has 1 aromatic heterocycles. The predicted octanol–water partition coefficient (Wildman–Crippen LogP) is 3.85. The number of aromatic nitrogens is 1. The fourth-order valence-corrected chi connectivity index (χ4v) is 3.26. The van der Waals surface area contributed by atoms with Crippen LogP contribution in [0.15, 0.2) is 54.7 Å². The molecular formula is C18H16N2. The van der Waals surface area contributed by atoms with Gasteiger partial charge in [-0.05, 0) is 35.6 Å². The monoisotopic (exact) mass is 260 g/mol. The number of nitrogens with zero attached hydrogens (tertiary/aromatic N) is 1. The molecule has 0 spiro atoms. The molecule has 0 aliphatic heterocycles. The quantitative estimate of drug-likeness (QED) is 0.721. The van der Waals surface area contributed by atoms with Crippen molar-refractivity contribution in [1.29, 1.82) is 0 Å². The average Bonchev–Trinajstić information content (AvgIpc) is 2.88. The Kier molecular flexibility index (Phi) is 2.57. The molecule has 1 aliphatic carbocycles. The third kappa shape index (κ3) is 1.65. The second-order valence-electron chi connectivity index (χ2n) is 5.40. The zero-order valence-corrected chi connectivity index (χ0v) is 11.2. The summed E-state index contributed by atoms with van der Waals surface area (Å²) in [6.45, 7) is 0.